The Hall–Kier alpha value is -3.25. The van der Waals surface area contributed by atoms with E-state index in [9.17, 15) is 4.79 Å². The summed E-state index contributed by atoms with van der Waals surface area (Å²) in [6, 6.07) is 17.9. The first-order valence-corrected chi connectivity index (χ1v) is 11.2. The van der Waals surface area contributed by atoms with Crippen LogP contribution in [0.3, 0.4) is 0 Å². The van der Waals surface area contributed by atoms with Gasteiger partial charge in [0, 0.05) is 68.8 Å². The van der Waals surface area contributed by atoms with Crippen molar-refractivity contribution in [3.8, 4) is 5.75 Å². The number of carbonyl (C=O) groups excluding carboxylic acids is 1. The number of benzene rings is 1. The Morgan fingerprint density at radius 1 is 0.938 bits per heavy atom. The van der Waals surface area contributed by atoms with Crippen molar-refractivity contribution in [2.24, 2.45) is 0 Å². The molecule has 0 saturated carbocycles. The van der Waals surface area contributed by atoms with Gasteiger partial charge in [-0.1, -0.05) is 24.3 Å². The average Bonchev–Trinajstić information content (AvgIpc) is 2.81. The van der Waals surface area contributed by atoms with Crippen molar-refractivity contribution in [1.82, 2.24) is 19.8 Å². The van der Waals surface area contributed by atoms with Gasteiger partial charge >= 0.3 is 6.09 Å². The van der Waals surface area contributed by atoms with Crippen LogP contribution in [0, 0.1) is 13.8 Å². The lowest BCUT2D eigenvalue weighted by Crippen LogP contribution is -2.49. The quantitative estimate of drug-likeness (QED) is 0.591. The van der Waals surface area contributed by atoms with Crippen molar-refractivity contribution in [1.29, 1.82) is 0 Å². The Balaban J connectivity index is 1.22. The lowest BCUT2D eigenvalue weighted by Gasteiger charge is -2.33. The van der Waals surface area contributed by atoms with E-state index in [1.165, 1.54) is 0 Å². The molecule has 1 fully saturated rings. The lowest BCUT2D eigenvalue weighted by atomic mass is 10.1. The van der Waals surface area contributed by atoms with Crippen LogP contribution in [0.5, 0.6) is 5.75 Å². The SMILES string of the molecule is Cc1ccc(Cc2ccc(OC(=O)N3CCN(CCc4cccc(C)n4)CC3)cc2)nc1. The average molecular weight is 431 g/mol. The van der Waals surface area contributed by atoms with Gasteiger partial charge in [0.25, 0.3) is 0 Å². The van der Waals surface area contributed by atoms with E-state index in [-0.39, 0.29) is 6.09 Å². The minimum absolute atomic E-state index is 0.280. The van der Waals surface area contributed by atoms with E-state index in [0.717, 1.165) is 60.7 Å². The van der Waals surface area contributed by atoms with Gasteiger partial charge in [0.1, 0.15) is 5.75 Å². The predicted molar refractivity (Wildman–Crippen MR) is 125 cm³/mol. The van der Waals surface area contributed by atoms with Crippen LogP contribution in [-0.2, 0) is 12.8 Å². The molecule has 1 amide bonds. The first-order valence-electron chi connectivity index (χ1n) is 11.2. The van der Waals surface area contributed by atoms with Crippen LogP contribution in [0.15, 0.2) is 60.8 Å². The second-order valence-corrected chi connectivity index (χ2v) is 8.36. The zero-order valence-electron chi connectivity index (χ0n) is 18.8. The van der Waals surface area contributed by atoms with Gasteiger partial charge in [0.15, 0.2) is 0 Å². The van der Waals surface area contributed by atoms with Gasteiger partial charge in [-0.2, -0.15) is 0 Å². The summed E-state index contributed by atoms with van der Waals surface area (Å²) in [6.45, 7) is 8.06. The number of hydrogen-bond donors (Lipinski definition) is 0. The molecule has 6 nitrogen and oxygen atoms in total. The van der Waals surface area contributed by atoms with Gasteiger partial charge < -0.3 is 9.64 Å². The van der Waals surface area contributed by atoms with Crippen LogP contribution >= 0.6 is 0 Å². The highest BCUT2D eigenvalue weighted by molar-refractivity contribution is 5.70. The topological polar surface area (TPSA) is 58.6 Å². The van der Waals surface area contributed by atoms with Crippen molar-refractivity contribution in [2.75, 3.05) is 32.7 Å². The van der Waals surface area contributed by atoms with Crippen molar-refractivity contribution in [3.05, 3.63) is 89.0 Å². The lowest BCUT2D eigenvalue weighted by molar-refractivity contribution is 0.111. The largest absolute Gasteiger partial charge is 0.415 e. The van der Waals surface area contributed by atoms with Gasteiger partial charge in [0.05, 0.1) is 0 Å². The Morgan fingerprint density at radius 3 is 2.41 bits per heavy atom. The smallest absolute Gasteiger partial charge is 0.410 e. The highest BCUT2D eigenvalue weighted by Crippen LogP contribution is 2.16. The standard InChI is InChI=1S/C26H30N4O2/c1-20-6-9-24(27-19-20)18-22-7-10-25(11-8-22)32-26(31)30-16-14-29(15-17-30)13-12-23-5-3-4-21(2)28-23/h3-11,19H,12-18H2,1-2H3. The maximum atomic E-state index is 12.6. The zero-order chi connectivity index (χ0) is 22.3. The molecule has 0 unspecified atom stereocenters. The summed E-state index contributed by atoms with van der Waals surface area (Å²) < 4.78 is 5.60. The number of piperazine rings is 1. The van der Waals surface area contributed by atoms with E-state index in [1.54, 1.807) is 4.90 Å². The molecule has 0 N–H and O–H groups in total. The van der Waals surface area contributed by atoms with Gasteiger partial charge in [-0.05, 0) is 55.3 Å². The van der Waals surface area contributed by atoms with Gasteiger partial charge in [0.2, 0.25) is 0 Å². The highest BCUT2D eigenvalue weighted by atomic mass is 16.6. The molecule has 166 valence electrons. The fraction of sp³-hybridized carbons (Fsp3) is 0.346. The van der Waals surface area contributed by atoms with Crippen LogP contribution in [0.25, 0.3) is 0 Å². The minimum atomic E-state index is -0.280. The van der Waals surface area contributed by atoms with Crippen LogP contribution in [0.2, 0.25) is 0 Å². The van der Waals surface area contributed by atoms with Gasteiger partial charge in [-0.15, -0.1) is 0 Å². The molecular formula is C26H30N4O2. The monoisotopic (exact) mass is 430 g/mol. The van der Waals surface area contributed by atoms with Crippen molar-refractivity contribution < 1.29 is 9.53 Å². The number of nitrogens with zero attached hydrogens (tertiary/aromatic N) is 4. The van der Waals surface area contributed by atoms with Crippen molar-refractivity contribution in [3.63, 3.8) is 0 Å². The Morgan fingerprint density at radius 2 is 1.72 bits per heavy atom. The molecule has 0 atom stereocenters. The van der Waals surface area contributed by atoms with Crippen LogP contribution in [-0.4, -0.2) is 58.6 Å². The summed E-state index contributed by atoms with van der Waals surface area (Å²) in [7, 11) is 0. The third-order valence-electron chi connectivity index (χ3n) is 5.75. The first-order chi connectivity index (χ1) is 15.5. The highest BCUT2D eigenvalue weighted by Gasteiger charge is 2.22. The summed E-state index contributed by atoms with van der Waals surface area (Å²) in [6.07, 6.45) is 3.29. The molecule has 0 spiro atoms. The number of hydrogen-bond acceptors (Lipinski definition) is 5. The fourth-order valence-corrected chi connectivity index (χ4v) is 3.82. The minimum Gasteiger partial charge on any atom is -0.410 e. The summed E-state index contributed by atoms with van der Waals surface area (Å²) >= 11 is 0. The molecule has 6 heteroatoms. The normalized spacial score (nSPS) is 14.4. The first kappa shape index (κ1) is 22.0. The van der Waals surface area contributed by atoms with Crippen LogP contribution in [0.4, 0.5) is 4.79 Å². The van der Waals surface area contributed by atoms with Gasteiger partial charge in [-0.3, -0.25) is 14.9 Å². The van der Waals surface area contributed by atoms with E-state index >= 15 is 0 Å². The van der Waals surface area contributed by atoms with Crippen molar-refractivity contribution >= 4 is 6.09 Å². The Bertz CT molecular complexity index is 1030. The molecule has 0 aliphatic carbocycles. The summed E-state index contributed by atoms with van der Waals surface area (Å²) in [5.74, 6) is 0.573. The molecule has 1 aliphatic rings. The van der Waals surface area contributed by atoms with Gasteiger partial charge in [-0.25, -0.2) is 4.79 Å². The van der Waals surface area contributed by atoms with Crippen molar-refractivity contribution in [2.45, 2.75) is 26.7 Å². The molecule has 3 aromatic rings. The number of rotatable bonds is 6. The summed E-state index contributed by atoms with van der Waals surface area (Å²) in [5, 5.41) is 0. The second kappa shape index (κ2) is 10.4. The zero-order valence-corrected chi connectivity index (χ0v) is 18.8. The number of amides is 1. The Labute approximate surface area is 189 Å². The molecular weight excluding hydrogens is 400 g/mol. The van der Waals surface area contributed by atoms with E-state index < -0.39 is 0 Å². The number of aryl methyl sites for hydroxylation is 2. The number of ether oxygens (including phenoxy) is 1. The van der Waals surface area contributed by atoms with E-state index in [4.69, 9.17) is 4.74 Å². The maximum Gasteiger partial charge on any atom is 0.415 e. The molecule has 1 saturated heterocycles. The predicted octanol–water partition coefficient (Wildman–Crippen LogP) is 4.04. The molecule has 3 heterocycles. The summed E-state index contributed by atoms with van der Waals surface area (Å²) in [4.78, 5) is 25.7. The summed E-state index contributed by atoms with van der Waals surface area (Å²) in [5.41, 5.74) is 5.48. The molecule has 2 aromatic heterocycles. The molecule has 0 bridgehead atoms. The number of pyridine rings is 2. The number of carbonyl (C=O) groups is 1. The van der Waals surface area contributed by atoms with E-state index in [1.807, 2.05) is 56.4 Å². The van der Waals surface area contributed by atoms with E-state index in [0.29, 0.717) is 18.8 Å². The molecule has 1 aromatic carbocycles. The fourth-order valence-electron chi connectivity index (χ4n) is 3.82. The van der Waals surface area contributed by atoms with E-state index in [2.05, 4.69) is 33.1 Å². The van der Waals surface area contributed by atoms with Crippen LogP contribution < -0.4 is 4.74 Å². The number of aromatic nitrogens is 2. The molecule has 1 aliphatic heterocycles. The molecule has 4 rings (SSSR count). The van der Waals surface area contributed by atoms with Crippen LogP contribution in [0.1, 0.15) is 28.2 Å². The maximum absolute atomic E-state index is 12.6. The molecule has 0 radical (unpaired) electrons. The third-order valence-corrected chi connectivity index (χ3v) is 5.75. The Kier molecular flexibility index (Phi) is 7.12. The second-order valence-electron chi connectivity index (χ2n) is 8.36. The molecule has 32 heavy (non-hydrogen) atoms. The third kappa shape index (κ3) is 6.14.